The van der Waals surface area contributed by atoms with E-state index in [4.69, 9.17) is 9.47 Å². The molecule has 4 N–H and O–H groups in total. The fourth-order valence-corrected chi connectivity index (χ4v) is 9.12. The molecule has 62 heavy (non-hydrogen) atoms. The summed E-state index contributed by atoms with van der Waals surface area (Å²) in [6.45, 7) is 13.2. The highest BCUT2D eigenvalue weighted by Crippen LogP contribution is 2.37. The summed E-state index contributed by atoms with van der Waals surface area (Å²) >= 11 is 2.92. The number of aryl methyl sites for hydroxylation is 1. The van der Waals surface area contributed by atoms with E-state index in [0.29, 0.717) is 50.0 Å². The monoisotopic (exact) mass is 895 g/mol. The average Bonchev–Trinajstić information content (AvgIpc) is 4.00. The normalized spacial score (nSPS) is 17.4. The molecule has 2 aliphatic heterocycles. The maximum Gasteiger partial charge on any atom is 0.257 e. The van der Waals surface area contributed by atoms with E-state index in [9.17, 15) is 33.1 Å². The topological polar surface area (TPSA) is 175 Å². The van der Waals surface area contributed by atoms with Crippen LogP contribution in [0.3, 0.4) is 0 Å². The Morgan fingerprint density at radius 2 is 1.73 bits per heavy atom. The van der Waals surface area contributed by atoms with Gasteiger partial charge in [-0.25, -0.2) is 14.4 Å². The highest BCUT2D eigenvalue weighted by atomic mass is 32.1. The molecule has 4 aromatic rings. The summed E-state index contributed by atoms with van der Waals surface area (Å²) in [5.74, 6) is -4.59. The molecule has 0 bridgehead atoms. The number of β-amino-alcohol motifs (C(OH)–C–C–N with tert-alkyl or cyclic N) is 1. The average molecular weight is 896 g/mol. The molecule has 6 rings (SSSR count). The van der Waals surface area contributed by atoms with Crippen molar-refractivity contribution < 1.29 is 42.5 Å². The van der Waals surface area contributed by atoms with Crippen molar-refractivity contribution in [2.75, 3.05) is 50.9 Å². The zero-order chi connectivity index (χ0) is 44.8. The fraction of sp³-hybridized carbons (Fsp3) is 0.500. The molecule has 4 heterocycles. The highest BCUT2D eigenvalue weighted by molar-refractivity contribution is 7.14. The lowest BCUT2D eigenvalue weighted by atomic mass is 9.85. The molecular weight excluding hydrogens is 841 g/mol. The van der Waals surface area contributed by atoms with Gasteiger partial charge in [-0.15, -0.1) is 22.7 Å². The van der Waals surface area contributed by atoms with Gasteiger partial charge in [0.25, 0.3) is 5.91 Å². The van der Waals surface area contributed by atoms with Crippen molar-refractivity contribution in [3.05, 3.63) is 70.2 Å². The first-order chi connectivity index (χ1) is 29.4. The van der Waals surface area contributed by atoms with E-state index in [1.165, 1.54) is 22.3 Å². The summed E-state index contributed by atoms with van der Waals surface area (Å²) in [6.07, 6.45) is -0.0484. The minimum absolute atomic E-state index is 0.0479. The van der Waals surface area contributed by atoms with Gasteiger partial charge in [0.2, 0.25) is 23.5 Å². The number of aromatic nitrogens is 2. The van der Waals surface area contributed by atoms with Gasteiger partial charge < -0.3 is 40.3 Å². The van der Waals surface area contributed by atoms with Crippen molar-refractivity contribution in [2.45, 2.75) is 91.0 Å². The number of benzene rings is 2. The number of hydrogen-bond acceptors (Lipinski definition) is 12. The number of unbranched alkanes of at least 4 members (excludes halogenated alkanes) is 1. The second kappa shape index (κ2) is 20.0. The molecule has 2 saturated heterocycles. The van der Waals surface area contributed by atoms with Gasteiger partial charge in [-0.1, -0.05) is 45.0 Å². The fourth-order valence-electron chi connectivity index (χ4n) is 7.42. The van der Waals surface area contributed by atoms with Crippen LogP contribution in [-0.4, -0.2) is 108 Å². The third-order valence-electron chi connectivity index (χ3n) is 10.9. The minimum Gasteiger partial charge on any atom is -0.480 e. The number of hydrogen-bond donors (Lipinski definition) is 4. The van der Waals surface area contributed by atoms with Crippen LogP contribution in [0.1, 0.15) is 71.6 Å². The van der Waals surface area contributed by atoms with Crippen LogP contribution in [0.4, 0.5) is 13.9 Å². The van der Waals surface area contributed by atoms with Crippen LogP contribution in [0.15, 0.2) is 47.3 Å². The van der Waals surface area contributed by atoms with Gasteiger partial charge >= 0.3 is 0 Å². The van der Waals surface area contributed by atoms with Gasteiger partial charge in [-0.05, 0) is 62.3 Å². The third-order valence-corrected chi connectivity index (χ3v) is 12.8. The lowest BCUT2D eigenvalue weighted by Crippen LogP contribution is -2.58. The minimum atomic E-state index is -1.22. The molecule has 2 fully saturated rings. The molecule has 0 saturated carbocycles. The molecule has 0 spiro atoms. The van der Waals surface area contributed by atoms with Gasteiger partial charge in [0.05, 0.1) is 46.6 Å². The van der Waals surface area contributed by atoms with E-state index < -0.39 is 70.9 Å². The Hall–Kier alpha value is -5.04. The molecule has 3 atom stereocenters. The van der Waals surface area contributed by atoms with Crippen molar-refractivity contribution in [1.29, 1.82) is 0 Å². The number of morpholine rings is 1. The van der Waals surface area contributed by atoms with Crippen molar-refractivity contribution in [2.24, 2.45) is 5.41 Å². The molecule has 2 aliphatic rings. The van der Waals surface area contributed by atoms with Crippen LogP contribution < -0.4 is 25.6 Å². The predicted molar refractivity (Wildman–Crippen MR) is 234 cm³/mol. The summed E-state index contributed by atoms with van der Waals surface area (Å²) < 4.78 is 40.1. The first kappa shape index (κ1) is 46.5. The van der Waals surface area contributed by atoms with Gasteiger partial charge in [0.15, 0.2) is 23.3 Å². The molecule has 18 heteroatoms. The number of amides is 4. The van der Waals surface area contributed by atoms with E-state index in [0.717, 1.165) is 27.8 Å². The van der Waals surface area contributed by atoms with Crippen LogP contribution >= 0.6 is 22.7 Å². The van der Waals surface area contributed by atoms with Crippen molar-refractivity contribution in [3.63, 3.8) is 0 Å². The number of thiazole rings is 2. The Balaban J connectivity index is 0.976. The number of nitrogens with zero attached hydrogens (tertiary/aromatic N) is 4. The van der Waals surface area contributed by atoms with Gasteiger partial charge in [-0.3, -0.25) is 19.2 Å². The lowest BCUT2D eigenvalue weighted by Gasteiger charge is -2.36. The Labute approximate surface area is 368 Å². The zero-order valence-corrected chi connectivity index (χ0v) is 37.5. The summed E-state index contributed by atoms with van der Waals surface area (Å²) in [7, 11) is 0. The zero-order valence-electron chi connectivity index (χ0n) is 35.9. The number of likely N-dealkylation sites (tertiary alicyclic amines) is 1. The van der Waals surface area contributed by atoms with Crippen molar-refractivity contribution >= 4 is 51.4 Å². The summed E-state index contributed by atoms with van der Waals surface area (Å²) in [5.41, 5.74) is 3.70. The van der Waals surface area contributed by atoms with Crippen LogP contribution in [0, 0.1) is 24.0 Å². The van der Waals surface area contributed by atoms with Crippen LogP contribution in [0.5, 0.6) is 5.75 Å². The third kappa shape index (κ3) is 11.3. The quantitative estimate of drug-likeness (QED) is 0.104. The van der Waals surface area contributed by atoms with E-state index in [-0.39, 0.29) is 37.4 Å². The van der Waals surface area contributed by atoms with Crippen molar-refractivity contribution in [3.8, 4) is 27.4 Å². The Bertz CT molecular complexity index is 2220. The lowest BCUT2D eigenvalue weighted by molar-refractivity contribution is -0.144. The van der Waals surface area contributed by atoms with Gasteiger partial charge in [-0.2, -0.15) is 4.39 Å². The Morgan fingerprint density at radius 3 is 2.40 bits per heavy atom. The number of anilines is 1. The predicted octanol–water partition coefficient (Wildman–Crippen LogP) is 5.57. The Morgan fingerprint density at radius 1 is 1.00 bits per heavy atom. The van der Waals surface area contributed by atoms with E-state index in [2.05, 4.69) is 25.9 Å². The second-order valence-corrected chi connectivity index (χ2v) is 18.9. The van der Waals surface area contributed by atoms with E-state index in [1.807, 2.05) is 70.7 Å². The molecule has 0 aliphatic carbocycles. The first-order valence-electron chi connectivity index (χ1n) is 20.7. The van der Waals surface area contributed by atoms with Crippen LogP contribution in [0.25, 0.3) is 21.7 Å². The number of carbonyl (C=O) groups excluding carboxylic acids is 4. The first-order valence-corrected chi connectivity index (χ1v) is 22.5. The van der Waals surface area contributed by atoms with Crippen molar-refractivity contribution in [1.82, 2.24) is 30.8 Å². The molecule has 14 nitrogen and oxygen atoms in total. The molecule has 0 radical (unpaired) electrons. The van der Waals surface area contributed by atoms with E-state index in [1.54, 1.807) is 22.2 Å². The number of aliphatic hydroxyl groups excluding tert-OH is 1. The molecule has 2 aromatic heterocycles. The maximum atomic E-state index is 15.0. The highest BCUT2D eigenvalue weighted by Gasteiger charge is 2.45. The standard InChI is InChI=1S/C44H55F2N7O7S2/c1-26-38(62-25-48-26)27-10-12-28(13-11-27)44(5,6)51-40(57)33-21-29(54)22-53(33)41(58)39(43(2,3)4)50-34(55)9-7-8-16-47-35(56)23-60-37-30(14-15-31(45)36(37)46)32-24-61-42(49-32)52-17-19-59-20-18-52/h10-15,24-25,29,33,39,54H,7-9,16-23H2,1-6H3,(H,47,56)(H,50,55)(H,51,57)/t29-,33+,39-/m1/s1. The smallest absolute Gasteiger partial charge is 0.257 e. The SMILES string of the molecule is Cc1ncsc1-c1ccc(C(C)(C)NC(=O)[C@@H]2C[C@@H](O)CN2C(=O)[C@@H](NC(=O)CCCCNC(=O)COc2c(-c3csc(N4CCOCC4)n3)ccc(F)c2F)C(C)(C)C)cc1. The summed E-state index contributed by atoms with van der Waals surface area (Å²) in [5, 5.41) is 21.7. The number of nitrogens with one attached hydrogen (secondary N) is 3. The summed E-state index contributed by atoms with van der Waals surface area (Å²) in [6, 6.07) is 8.29. The largest absolute Gasteiger partial charge is 0.480 e. The molecule has 2 aromatic carbocycles. The molecule has 4 amide bonds. The number of rotatable bonds is 16. The molecular formula is C44H55F2N7O7S2. The van der Waals surface area contributed by atoms with Gasteiger partial charge in [0, 0.05) is 50.0 Å². The van der Waals surface area contributed by atoms with Gasteiger partial charge in [0.1, 0.15) is 12.1 Å². The van der Waals surface area contributed by atoms with E-state index >= 15 is 0 Å². The summed E-state index contributed by atoms with van der Waals surface area (Å²) in [4.78, 5) is 67.2. The molecule has 0 unspecified atom stereocenters. The van der Waals surface area contributed by atoms with Crippen LogP contribution in [0.2, 0.25) is 0 Å². The number of carbonyl (C=O) groups is 4. The Kier molecular flexibility index (Phi) is 15.0. The number of halogens is 2. The maximum absolute atomic E-state index is 15.0. The number of ether oxygens (including phenoxy) is 2. The van der Waals surface area contributed by atoms with Crippen LogP contribution in [-0.2, 0) is 29.5 Å². The second-order valence-electron chi connectivity index (χ2n) is 17.2. The number of aliphatic hydroxyl groups is 1. The molecule has 334 valence electrons.